The third-order valence-corrected chi connectivity index (χ3v) is 6.14. The largest absolute Gasteiger partial charge is 0.465 e. The average Bonchev–Trinajstić information content (AvgIpc) is 3.27. The Morgan fingerprint density at radius 1 is 0.972 bits per heavy atom. The van der Waals surface area contributed by atoms with Gasteiger partial charge in [-0.1, -0.05) is 43.3 Å². The SMILES string of the molecule is CCCNCC(=O)Nc1ccccc1CCNC(=O)C(C)(CCc1c[nH]c2ccccc12)NC(=O)O. The van der Waals surface area contributed by atoms with Crippen molar-refractivity contribution >= 4 is 34.5 Å². The number of fused-ring (bicyclic) bond motifs is 1. The first kappa shape index (κ1) is 26.7. The van der Waals surface area contributed by atoms with Gasteiger partial charge in [-0.25, -0.2) is 4.79 Å². The van der Waals surface area contributed by atoms with E-state index >= 15 is 0 Å². The number of carbonyl (C=O) groups is 3. The molecule has 0 aliphatic carbocycles. The van der Waals surface area contributed by atoms with Gasteiger partial charge in [0.05, 0.1) is 6.54 Å². The van der Waals surface area contributed by atoms with E-state index in [1.165, 1.54) is 0 Å². The van der Waals surface area contributed by atoms with Crippen LogP contribution in [0.3, 0.4) is 0 Å². The number of H-pyrrole nitrogens is 1. The molecular weight excluding hydrogens is 458 g/mol. The van der Waals surface area contributed by atoms with Crippen molar-refractivity contribution in [2.24, 2.45) is 0 Å². The van der Waals surface area contributed by atoms with Crippen molar-refractivity contribution < 1.29 is 19.5 Å². The number of para-hydroxylation sites is 2. The molecule has 9 nitrogen and oxygen atoms in total. The number of carboxylic acid groups (broad SMARTS) is 1. The highest BCUT2D eigenvalue weighted by molar-refractivity contribution is 5.93. The number of nitrogens with one attached hydrogen (secondary N) is 5. The lowest BCUT2D eigenvalue weighted by atomic mass is 9.92. The lowest BCUT2D eigenvalue weighted by Crippen LogP contribution is -2.57. The molecule has 6 N–H and O–H groups in total. The molecule has 0 saturated heterocycles. The standard InChI is InChI=1S/C27H35N5O4/c1-3-15-28-18-24(33)31-22-10-6-4-8-19(22)13-16-29-25(34)27(2,32-26(35)36)14-12-20-17-30-23-11-7-5-9-21(20)23/h4-11,17,28,30,32H,3,12-16,18H2,1-2H3,(H,29,34)(H,31,33)(H,35,36). The molecule has 0 bridgehead atoms. The van der Waals surface area contributed by atoms with Gasteiger partial charge in [-0.15, -0.1) is 0 Å². The van der Waals surface area contributed by atoms with Crippen LogP contribution in [0.25, 0.3) is 10.9 Å². The predicted octanol–water partition coefficient (Wildman–Crippen LogP) is 3.42. The molecule has 3 amide bonds. The maximum absolute atomic E-state index is 13.1. The number of benzene rings is 2. The highest BCUT2D eigenvalue weighted by Gasteiger charge is 2.34. The molecule has 0 saturated carbocycles. The Hall–Kier alpha value is -3.85. The number of amides is 3. The molecule has 0 radical (unpaired) electrons. The molecule has 192 valence electrons. The van der Waals surface area contributed by atoms with Gasteiger partial charge >= 0.3 is 6.09 Å². The van der Waals surface area contributed by atoms with E-state index in [0.29, 0.717) is 31.5 Å². The smallest absolute Gasteiger partial charge is 0.405 e. The van der Waals surface area contributed by atoms with Crippen LogP contribution in [0.4, 0.5) is 10.5 Å². The lowest BCUT2D eigenvalue weighted by molar-refractivity contribution is -0.127. The average molecular weight is 494 g/mol. The molecule has 3 rings (SSSR count). The fourth-order valence-electron chi connectivity index (χ4n) is 4.13. The number of aromatic nitrogens is 1. The Labute approximate surface area is 211 Å². The van der Waals surface area contributed by atoms with Gasteiger partial charge in [0.25, 0.3) is 0 Å². The van der Waals surface area contributed by atoms with Crippen LogP contribution in [0, 0.1) is 0 Å². The Kier molecular flexibility index (Phi) is 9.46. The molecule has 0 aliphatic heterocycles. The summed E-state index contributed by atoms with van der Waals surface area (Å²) in [5.74, 6) is -0.523. The van der Waals surface area contributed by atoms with E-state index in [2.05, 4.69) is 26.3 Å². The van der Waals surface area contributed by atoms with Crippen LogP contribution in [0.1, 0.15) is 37.8 Å². The number of hydrogen-bond donors (Lipinski definition) is 6. The van der Waals surface area contributed by atoms with Crippen LogP contribution in [0.15, 0.2) is 54.7 Å². The minimum absolute atomic E-state index is 0.129. The van der Waals surface area contributed by atoms with Crippen LogP contribution in [0.5, 0.6) is 0 Å². The molecule has 1 aromatic heterocycles. The number of aromatic amines is 1. The van der Waals surface area contributed by atoms with Crippen molar-refractivity contribution in [1.82, 2.24) is 20.9 Å². The third-order valence-electron chi connectivity index (χ3n) is 6.14. The second kappa shape index (κ2) is 12.7. The zero-order valence-corrected chi connectivity index (χ0v) is 20.8. The van der Waals surface area contributed by atoms with Crippen molar-refractivity contribution in [3.8, 4) is 0 Å². The quantitative estimate of drug-likeness (QED) is 0.203. The first-order valence-corrected chi connectivity index (χ1v) is 12.3. The molecule has 1 unspecified atom stereocenters. The summed E-state index contributed by atoms with van der Waals surface area (Å²) in [6.07, 6.45) is 2.89. The van der Waals surface area contributed by atoms with Gasteiger partial charge in [0, 0.05) is 29.3 Å². The van der Waals surface area contributed by atoms with Gasteiger partial charge < -0.3 is 31.4 Å². The molecule has 0 aliphatic rings. The zero-order chi connectivity index (χ0) is 26.0. The Balaban J connectivity index is 1.60. The summed E-state index contributed by atoms with van der Waals surface area (Å²) in [6.45, 7) is 4.93. The molecule has 3 aromatic rings. The summed E-state index contributed by atoms with van der Waals surface area (Å²) < 4.78 is 0. The molecule has 36 heavy (non-hydrogen) atoms. The summed E-state index contributed by atoms with van der Waals surface area (Å²) in [7, 11) is 0. The van der Waals surface area contributed by atoms with E-state index in [0.717, 1.165) is 35.0 Å². The van der Waals surface area contributed by atoms with Gasteiger partial charge in [0.1, 0.15) is 5.54 Å². The number of anilines is 1. The number of rotatable bonds is 13. The lowest BCUT2D eigenvalue weighted by Gasteiger charge is -2.28. The molecule has 2 aromatic carbocycles. The summed E-state index contributed by atoms with van der Waals surface area (Å²) in [6, 6.07) is 15.3. The number of carbonyl (C=O) groups excluding carboxylic acids is 2. The van der Waals surface area contributed by atoms with E-state index in [9.17, 15) is 19.5 Å². The first-order valence-electron chi connectivity index (χ1n) is 12.3. The normalized spacial score (nSPS) is 12.6. The highest BCUT2D eigenvalue weighted by atomic mass is 16.4. The van der Waals surface area contributed by atoms with Crippen LogP contribution in [0.2, 0.25) is 0 Å². The summed E-state index contributed by atoms with van der Waals surface area (Å²) in [5, 5.41) is 21.7. The fraction of sp³-hybridized carbons (Fsp3) is 0.370. The molecule has 1 heterocycles. The number of hydrogen-bond acceptors (Lipinski definition) is 4. The van der Waals surface area contributed by atoms with Gasteiger partial charge in [0.2, 0.25) is 11.8 Å². The topological polar surface area (TPSA) is 135 Å². The summed E-state index contributed by atoms with van der Waals surface area (Å²) >= 11 is 0. The summed E-state index contributed by atoms with van der Waals surface area (Å²) in [4.78, 5) is 40.0. The van der Waals surface area contributed by atoms with Crippen molar-refractivity contribution in [3.05, 3.63) is 65.9 Å². The van der Waals surface area contributed by atoms with Gasteiger partial charge in [-0.3, -0.25) is 9.59 Å². The van der Waals surface area contributed by atoms with Crippen molar-refractivity contribution in [1.29, 1.82) is 0 Å². The molecule has 9 heteroatoms. The molecule has 1 atom stereocenters. The maximum Gasteiger partial charge on any atom is 0.405 e. The van der Waals surface area contributed by atoms with E-state index in [1.54, 1.807) is 6.92 Å². The van der Waals surface area contributed by atoms with Gasteiger partial charge in [-0.05, 0) is 62.4 Å². The van der Waals surface area contributed by atoms with Crippen LogP contribution in [-0.2, 0) is 22.4 Å². The predicted molar refractivity (Wildman–Crippen MR) is 141 cm³/mol. The Bertz CT molecular complexity index is 1190. The van der Waals surface area contributed by atoms with E-state index in [-0.39, 0.29) is 12.5 Å². The maximum atomic E-state index is 13.1. The fourth-order valence-corrected chi connectivity index (χ4v) is 4.13. The van der Waals surface area contributed by atoms with Crippen molar-refractivity contribution in [2.45, 2.75) is 45.1 Å². The molecule has 0 spiro atoms. The van der Waals surface area contributed by atoms with Crippen molar-refractivity contribution in [2.75, 3.05) is 25.0 Å². The van der Waals surface area contributed by atoms with Crippen molar-refractivity contribution in [3.63, 3.8) is 0 Å². The zero-order valence-electron chi connectivity index (χ0n) is 20.8. The Morgan fingerprint density at radius 2 is 1.72 bits per heavy atom. The second-order valence-corrected chi connectivity index (χ2v) is 9.01. The van der Waals surface area contributed by atoms with Crippen LogP contribution in [-0.4, -0.2) is 53.2 Å². The first-order chi connectivity index (χ1) is 17.3. The van der Waals surface area contributed by atoms with Gasteiger partial charge in [-0.2, -0.15) is 0 Å². The minimum atomic E-state index is -1.30. The number of aryl methyl sites for hydroxylation is 1. The minimum Gasteiger partial charge on any atom is -0.465 e. The van der Waals surface area contributed by atoms with E-state index in [4.69, 9.17) is 0 Å². The highest BCUT2D eigenvalue weighted by Crippen LogP contribution is 2.22. The third kappa shape index (κ3) is 7.32. The second-order valence-electron chi connectivity index (χ2n) is 9.01. The Morgan fingerprint density at radius 3 is 2.50 bits per heavy atom. The van der Waals surface area contributed by atoms with E-state index in [1.807, 2.05) is 61.7 Å². The summed E-state index contributed by atoms with van der Waals surface area (Å²) in [5.41, 5.74) is 2.30. The van der Waals surface area contributed by atoms with Crippen LogP contribution < -0.4 is 21.3 Å². The molecule has 0 fully saturated rings. The van der Waals surface area contributed by atoms with Crippen LogP contribution >= 0.6 is 0 Å². The molecular formula is C27H35N5O4. The monoisotopic (exact) mass is 493 g/mol. The van der Waals surface area contributed by atoms with E-state index < -0.39 is 17.5 Å². The van der Waals surface area contributed by atoms with Gasteiger partial charge in [0.15, 0.2) is 0 Å².